The highest BCUT2D eigenvalue weighted by atomic mass is 16.5. The molecule has 244 valence electrons. The van der Waals surface area contributed by atoms with Crippen LogP contribution >= 0.6 is 0 Å². The van der Waals surface area contributed by atoms with E-state index < -0.39 is 0 Å². The van der Waals surface area contributed by atoms with E-state index in [9.17, 15) is 4.79 Å². The number of carbonyl (C=O) groups excluding carboxylic acids is 1. The maximum Gasteiger partial charge on any atom is 0.209 e. The second-order valence-electron chi connectivity index (χ2n) is 11.8. The summed E-state index contributed by atoms with van der Waals surface area (Å²) in [6, 6.07) is 18.1. The maximum absolute atomic E-state index is 10.6. The van der Waals surface area contributed by atoms with Crippen molar-refractivity contribution in [2.24, 2.45) is 0 Å². The second-order valence-corrected chi connectivity index (χ2v) is 11.8. The van der Waals surface area contributed by atoms with Crippen LogP contribution in [0.4, 0.5) is 5.82 Å². The lowest BCUT2D eigenvalue weighted by Gasteiger charge is -2.39. The number of rotatable bonds is 5. The van der Waals surface area contributed by atoms with Gasteiger partial charge in [0, 0.05) is 31.8 Å². The van der Waals surface area contributed by atoms with Crippen molar-refractivity contribution in [3.8, 4) is 22.8 Å². The van der Waals surface area contributed by atoms with Crippen LogP contribution in [-0.4, -0.2) is 81.3 Å². The van der Waals surface area contributed by atoms with Crippen LogP contribution in [-0.2, 0) is 9.53 Å². The number of nitrogens with one attached hydrogen (secondary N) is 1. The smallest absolute Gasteiger partial charge is 0.209 e. The summed E-state index contributed by atoms with van der Waals surface area (Å²) in [6.45, 7) is 14.6. The highest BCUT2D eigenvalue weighted by Crippen LogP contribution is 2.30. The second kappa shape index (κ2) is 18.1. The third-order valence-corrected chi connectivity index (χ3v) is 7.67. The number of likely N-dealkylation sites (tertiary alicyclic amines) is 2. The van der Waals surface area contributed by atoms with Gasteiger partial charge in [0.1, 0.15) is 23.6 Å². The van der Waals surface area contributed by atoms with E-state index in [1.807, 2.05) is 94.1 Å². The number of hydrogen-bond donors (Lipinski definition) is 2. The van der Waals surface area contributed by atoms with Gasteiger partial charge in [0.05, 0.1) is 16.7 Å². The standard InChI is InChI=1S/C17H13N5O.C11H20N2O.C5H12O.C2H6/c18-16-14-15(21-22-17(14)20-10-19-16)11-6-8-13(9-7-11)23-12-4-2-1-3-5-12;14-10-12-8-4-11(5-9-12)13-6-2-1-3-7-13;1-5(2,3)6-4;1-2/h1-10H,(H3,18,19,20,21,22);10-11H,1-9H2;1-4H3;1-2H3. The van der Waals surface area contributed by atoms with Gasteiger partial charge in [-0.05, 0) is 95.9 Å². The van der Waals surface area contributed by atoms with Gasteiger partial charge in [-0.25, -0.2) is 9.97 Å². The molecule has 10 nitrogen and oxygen atoms in total. The van der Waals surface area contributed by atoms with Crippen molar-refractivity contribution in [2.45, 2.75) is 78.4 Å². The number of nitrogens with zero attached hydrogens (tertiary/aromatic N) is 5. The Morgan fingerprint density at radius 3 is 2.07 bits per heavy atom. The predicted octanol–water partition coefficient (Wildman–Crippen LogP) is 6.95. The minimum atomic E-state index is 0.0417. The van der Waals surface area contributed by atoms with Gasteiger partial charge in [-0.1, -0.05) is 38.5 Å². The first-order valence-electron chi connectivity index (χ1n) is 16.0. The first-order chi connectivity index (χ1) is 21.8. The molecule has 45 heavy (non-hydrogen) atoms. The van der Waals surface area contributed by atoms with E-state index in [4.69, 9.17) is 15.2 Å². The number of fused-ring (bicyclic) bond motifs is 1. The molecule has 4 aromatic rings. The number of aromatic nitrogens is 4. The third-order valence-electron chi connectivity index (χ3n) is 7.67. The molecule has 2 aliphatic heterocycles. The normalized spacial score (nSPS) is 15.5. The minimum Gasteiger partial charge on any atom is -0.457 e. The van der Waals surface area contributed by atoms with Crippen LogP contribution in [0.5, 0.6) is 11.5 Å². The zero-order valence-electron chi connectivity index (χ0n) is 27.8. The summed E-state index contributed by atoms with van der Waals surface area (Å²) in [5, 5.41) is 7.85. The van der Waals surface area contributed by atoms with Gasteiger partial charge in [0.15, 0.2) is 5.65 Å². The lowest BCUT2D eigenvalue weighted by atomic mass is 10.0. The molecular weight excluding hydrogens is 566 g/mol. The van der Waals surface area contributed by atoms with Gasteiger partial charge in [-0.2, -0.15) is 5.10 Å². The Morgan fingerprint density at radius 2 is 1.49 bits per heavy atom. The summed E-state index contributed by atoms with van der Waals surface area (Å²) in [7, 11) is 1.71. The van der Waals surface area contributed by atoms with Gasteiger partial charge in [-0.15, -0.1) is 0 Å². The van der Waals surface area contributed by atoms with Crippen LogP contribution in [0.2, 0.25) is 0 Å². The highest BCUT2D eigenvalue weighted by molar-refractivity contribution is 5.97. The van der Waals surface area contributed by atoms with Gasteiger partial charge in [0.25, 0.3) is 0 Å². The van der Waals surface area contributed by atoms with E-state index >= 15 is 0 Å². The minimum absolute atomic E-state index is 0.0417. The van der Waals surface area contributed by atoms with Gasteiger partial charge < -0.3 is 25.0 Å². The Balaban J connectivity index is 0.000000214. The van der Waals surface area contributed by atoms with Gasteiger partial charge in [0.2, 0.25) is 6.41 Å². The molecule has 0 atom stereocenters. The molecule has 0 aliphatic carbocycles. The number of aromatic amines is 1. The number of piperidine rings is 2. The van der Waals surface area contributed by atoms with Crippen molar-refractivity contribution in [2.75, 3.05) is 39.0 Å². The van der Waals surface area contributed by atoms with Crippen molar-refractivity contribution in [1.29, 1.82) is 0 Å². The summed E-state index contributed by atoms with van der Waals surface area (Å²) in [5.74, 6) is 1.96. The number of carbonyl (C=O) groups is 1. The number of benzene rings is 2. The maximum atomic E-state index is 10.6. The van der Waals surface area contributed by atoms with Gasteiger partial charge in [-0.3, -0.25) is 9.89 Å². The monoisotopic (exact) mass is 617 g/mol. The van der Waals surface area contributed by atoms with Crippen molar-refractivity contribution < 1.29 is 14.3 Å². The van der Waals surface area contributed by atoms with E-state index in [2.05, 4.69) is 25.1 Å². The van der Waals surface area contributed by atoms with Crippen LogP contribution in [0.1, 0.15) is 66.7 Å². The number of anilines is 1. The number of para-hydroxylation sites is 1. The molecule has 2 saturated heterocycles. The van der Waals surface area contributed by atoms with Crippen LogP contribution < -0.4 is 10.5 Å². The molecule has 4 heterocycles. The zero-order valence-corrected chi connectivity index (χ0v) is 27.8. The zero-order chi connectivity index (χ0) is 32.7. The average Bonchev–Trinajstić information content (AvgIpc) is 3.53. The Labute approximate surface area is 268 Å². The highest BCUT2D eigenvalue weighted by Gasteiger charge is 2.24. The molecule has 0 bridgehead atoms. The Morgan fingerprint density at radius 1 is 0.889 bits per heavy atom. The fourth-order valence-corrected chi connectivity index (χ4v) is 5.04. The van der Waals surface area contributed by atoms with Crippen LogP contribution in [0.15, 0.2) is 60.9 Å². The predicted molar refractivity (Wildman–Crippen MR) is 182 cm³/mol. The summed E-state index contributed by atoms with van der Waals surface area (Å²) >= 11 is 0. The van der Waals surface area contributed by atoms with E-state index in [0.717, 1.165) is 53.7 Å². The van der Waals surface area contributed by atoms with E-state index in [0.29, 0.717) is 11.5 Å². The molecule has 2 aromatic heterocycles. The molecular formula is C35H51N7O3. The lowest BCUT2D eigenvalue weighted by molar-refractivity contribution is -0.119. The molecule has 2 aliphatic rings. The third kappa shape index (κ3) is 11.1. The number of H-pyrrole nitrogens is 1. The molecule has 1 amide bonds. The number of nitrogens with two attached hydrogens (primary N) is 1. The Bertz CT molecular complexity index is 1390. The quantitative estimate of drug-likeness (QED) is 0.231. The number of ether oxygens (including phenoxy) is 2. The lowest BCUT2D eigenvalue weighted by Crippen LogP contribution is -2.46. The topological polar surface area (TPSA) is 122 Å². The number of methoxy groups -OCH3 is 1. The number of amides is 1. The van der Waals surface area contributed by atoms with Crippen molar-refractivity contribution >= 4 is 23.3 Å². The van der Waals surface area contributed by atoms with Gasteiger partial charge >= 0.3 is 0 Å². The van der Waals surface area contributed by atoms with Crippen molar-refractivity contribution in [1.82, 2.24) is 30.0 Å². The van der Waals surface area contributed by atoms with E-state index in [1.54, 1.807) is 7.11 Å². The van der Waals surface area contributed by atoms with Crippen LogP contribution in [0.25, 0.3) is 22.3 Å². The molecule has 2 fully saturated rings. The average molecular weight is 618 g/mol. The van der Waals surface area contributed by atoms with Crippen LogP contribution in [0, 0.1) is 0 Å². The summed E-state index contributed by atoms with van der Waals surface area (Å²) < 4.78 is 10.7. The molecule has 0 radical (unpaired) electrons. The summed E-state index contributed by atoms with van der Waals surface area (Å²) in [5.41, 5.74) is 8.26. The number of hydrogen-bond acceptors (Lipinski definition) is 8. The fourth-order valence-electron chi connectivity index (χ4n) is 5.04. The summed E-state index contributed by atoms with van der Waals surface area (Å²) in [6.07, 6.45) is 8.90. The largest absolute Gasteiger partial charge is 0.457 e. The van der Waals surface area contributed by atoms with E-state index in [-0.39, 0.29) is 5.60 Å². The first-order valence-corrected chi connectivity index (χ1v) is 16.0. The molecule has 10 heteroatoms. The Hall–Kier alpha value is -4.02. The SMILES string of the molecule is CC.COC(C)(C)C.Nc1ncnc2n[nH]c(-c3ccc(Oc4ccccc4)cc3)c12.O=CN1CCC(N2CCCCC2)CC1. The van der Waals surface area contributed by atoms with Crippen LogP contribution in [0.3, 0.4) is 0 Å². The molecule has 6 rings (SSSR count). The Kier molecular flexibility index (Phi) is 14.2. The molecule has 2 aromatic carbocycles. The molecule has 0 saturated carbocycles. The molecule has 0 unspecified atom stereocenters. The van der Waals surface area contributed by atoms with E-state index in [1.165, 1.54) is 51.5 Å². The summed E-state index contributed by atoms with van der Waals surface area (Å²) in [4.78, 5) is 23.2. The van der Waals surface area contributed by atoms with Crippen molar-refractivity contribution in [3.05, 3.63) is 60.9 Å². The number of nitrogen functional groups attached to an aromatic ring is 1. The molecule has 0 spiro atoms. The fraction of sp³-hybridized carbons (Fsp3) is 0.486. The van der Waals surface area contributed by atoms with Crippen molar-refractivity contribution in [3.63, 3.8) is 0 Å². The first kappa shape index (κ1) is 35.5. The molecule has 3 N–H and O–H groups in total.